The van der Waals surface area contributed by atoms with E-state index in [1.165, 1.54) is 0 Å². The van der Waals surface area contributed by atoms with E-state index >= 15 is 0 Å². The fraction of sp³-hybridized carbons (Fsp3) is 1.00. The van der Waals surface area contributed by atoms with Crippen molar-refractivity contribution in [2.45, 2.75) is 52.2 Å². The van der Waals surface area contributed by atoms with E-state index in [4.69, 9.17) is 4.74 Å². The summed E-state index contributed by atoms with van der Waals surface area (Å²) in [6.45, 7) is 7.98. The summed E-state index contributed by atoms with van der Waals surface area (Å²) in [4.78, 5) is 0. The van der Waals surface area contributed by atoms with Crippen LogP contribution < -0.4 is 4.72 Å². The molecule has 17 heavy (non-hydrogen) atoms. The minimum Gasteiger partial charge on any atom is -0.378 e. The van der Waals surface area contributed by atoms with Gasteiger partial charge in [-0.1, -0.05) is 29.8 Å². The van der Waals surface area contributed by atoms with E-state index in [1.807, 2.05) is 27.7 Å². The first kappa shape index (κ1) is 17.4. The molecule has 0 radical (unpaired) electrons. The molecule has 0 unspecified atom stereocenters. The van der Waals surface area contributed by atoms with Crippen molar-refractivity contribution in [2.24, 2.45) is 0 Å². The van der Waals surface area contributed by atoms with Gasteiger partial charge in [-0.15, -0.1) is 0 Å². The quantitative estimate of drug-likeness (QED) is 0.660. The van der Waals surface area contributed by atoms with Gasteiger partial charge in [0.25, 0.3) is 0 Å². The lowest BCUT2D eigenvalue weighted by atomic mass is 9.97. The number of halogens is 1. The smallest absolute Gasteiger partial charge is 0.214 e. The second kappa shape index (κ2) is 7.71. The topological polar surface area (TPSA) is 55.4 Å². The molecule has 0 aliphatic carbocycles. The highest BCUT2D eigenvalue weighted by molar-refractivity contribution is 9.09. The summed E-state index contributed by atoms with van der Waals surface area (Å²) >= 11 is 3.38. The minimum atomic E-state index is -3.28. The number of hydrogen-bond acceptors (Lipinski definition) is 3. The van der Waals surface area contributed by atoms with E-state index in [1.54, 1.807) is 0 Å². The monoisotopic (exact) mass is 329 g/mol. The zero-order chi connectivity index (χ0) is 13.5. The Morgan fingerprint density at radius 1 is 1.29 bits per heavy atom. The highest BCUT2D eigenvalue weighted by Gasteiger charge is 2.29. The van der Waals surface area contributed by atoms with Gasteiger partial charge in [0.05, 0.1) is 18.5 Å². The lowest BCUT2D eigenvalue weighted by Gasteiger charge is -2.30. The molecule has 0 aromatic carbocycles. The van der Waals surface area contributed by atoms with Gasteiger partial charge in [-0.05, 0) is 26.7 Å². The Morgan fingerprint density at radius 2 is 1.82 bits per heavy atom. The molecule has 0 saturated carbocycles. The van der Waals surface area contributed by atoms with Gasteiger partial charge in [0.2, 0.25) is 10.0 Å². The van der Waals surface area contributed by atoms with Gasteiger partial charge in [0.1, 0.15) is 0 Å². The van der Waals surface area contributed by atoms with Crippen LogP contribution in [0.3, 0.4) is 0 Å². The number of alkyl halides is 1. The molecule has 6 heteroatoms. The molecule has 0 spiro atoms. The van der Waals surface area contributed by atoms with Crippen LogP contribution >= 0.6 is 15.9 Å². The summed E-state index contributed by atoms with van der Waals surface area (Å²) in [5.41, 5.74) is -0.378. The lowest BCUT2D eigenvalue weighted by Crippen LogP contribution is -2.50. The molecule has 104 valence electrons. The molecule has 0 aromatic heterocycles. The van der Waals surface area contributed by atoms with Crippen LogP contribution in [0.15, 0.2) is 0 Å². The number of nitrogens with one attached hydrogen (secondary N) is 1. The Morgan fingerprint density at radius 3 is 2.18 bits per heavy atom. The average molecular weight is 330 g/mol. The van der Waals surface area contributed by atoms with Gasteiger partial charge < -0.3 is 4.74 Å². The Balaban J connectivity index is 4.42. The fourth-order valence-corrected chi connectivity index (χ4v) is 3.94. The summed E-state index contributed by atoms with van der Waals surface area (Å²) in [7, 11) is -3.28. The molecular weight excluding hydrogens is 306 g/mol. The molecule has 0 heterocycles. The zero-order valence-electron chi connectivity index (χ0n) is 11.1. The zero-order valence-corrected chi connectivity index (χ0v) is 13.5. The van der Waals surface area contributed by atoms with Gasteiger partial charge in [0.15, 0.2) is 0 Å². The van der Waals surface area contributed by atoms with Gasteiger partial charge in [0, 0.05) is 10.9 Å². The molecule has 0 atom stereocenters. The third-order valence-corrected chi connectivity index (χ3v) is 5.31. The number of sulfonamides is 1. The van der Waals surface area contributed by atoms with Crippen molar-refractivity contribution in [3.8, 4) is 0 Å². The van der Waals surface area contributed by atoms with Crippen molar-refractivity contribution in [2.75, 3.05) is 17.7 Å². The molecule has 0 aliphatic rings. The summed E-state index contributed by atoms with van der Waals surface area (Å²) in [5, 5.41) is 0.622. The highest BCUT2D eigenvalue weighted by atomic mass is 79.9. The van der Waals surface area contributed by atoms with Crippen molar-refractivity contribution < 1.29 is 13.2 Å². The van der Waals surface area contributed by atoms with Gasteiger partial charge in [-0.25, -0.2) is 13.1 Å². The van der Waals surface area contributed by atoms with E-state index in [0.717, 1.165) is 12.8 Å². The van der Waals surface area contributed by atoms with E-state index < -0.39 is 10.0 Å². The first-order valence-electron chi connectivity index (χ1n) is 6.00. The van der Waals surface area contributed by atoms with Crippen LogP contribution in [0.4, 0.5) is 0 Å². The number of ether oxygens (including phenoxy) is 1. The lowest BCUT2D eigenvalue weighted by molar-refractivity contribution is 0.0910. The number of hydrogen-bond donors (Lipinski definition) is 1. The second-order valence-electron chi connectivity index (χ2n) is 4.46. The van der Waals surface area contributed by atoms with Crippen LogP contribution in [0.25, 0.3) is 0 Å². The Bertz CT molecular complexity index is 292. The van der Waals surface area contributed by atoms with Crippen molar-refractivity contribution in [1.29, 1.82) is 0 Å². The maximum absolute atomic E-state index is 11.9. The largest absolute Gasteiger partial charge is 0.378 e. The molecule has 0 saturated heterocycles. The van der Waals surface area contributed by atoms with E-state index in [2.05, 4.69) is 20.7 Å². The molecular formula is C11H24BrNO3S. The molecule has 0 rings (SSSR count). The van der Waals surface area contributed by atoms with Crippen molar-refractivity contribution >= 4 is 26.0 Å². The molecule has 4 nitrogen and oxygen atoms in total. The molecule has 0 fully saturated rings. The SMILES string of the molecule is CCC(CC)(CBr)NS(=O)(=O)CCOC(C)C. The van der Waals surface area contributed by atoms with E-state index in [-0.39, 0.29) is 24.0 Å². The molecule has 1 N–H and O–H groups in total. The maximum atomic E-state index is 11.9. The van der Waals surface area contributed by atoms with Crippen LogP contribution in [-0.2, 0) is 14.8 Å². The van der Waals surface area contributed by atoms with Gasteiger partial charge in [-0.3, -0.25) is 0 Å². The van der Waals surface area contributed by atoms with E-state index in [0.29, 0.717) is 5.33 Å². The van der Waals surface area contributed by atoms with Crippen molar-refractivity contribution in [3.05, 3.63) is 0 Å². The summed E-state index contributed by atoms with van der Waals surface area (Å²) in [5.74, 6) is 0.0138. The van der Waals surface area contributed by atoms with E-state index in [9.17, 15) is 8.42 Å². The molecule has 0 bridgehead atoms. The van der Waals surface area contributed by atoms with Gasteiger partial charge >= 0.3 is 0 Å². The molecule has 0 amide bonds. The number of rotatable bonds is 9. The van der Waals surface area contributed by atoms with Crippen molar-refractivity contribution in [3.63, 3.8) is 0 Å². The average Bonchev–Trinajstić information content (AvgIpc) is 2.25. The summed E-state index contributed by atoms with van der Waals surface area (Å²) in [6, 6.07) is 0. The fourth-order valence-electron chi connectivity index (χ4n) is 1.39. The summed E-state index contributed by atoms with van der Waals surface area (Å²) in [6.07, 6.45) is 1.58. The minimum absolute atomic E-state index is 0.0138. The third-order valence-electron chi connectivity index (χ3n) is 2.78. The predicted octanol–water partition coefficient (Wildman–Crippen LogP) is 2.28. The normalized spacial score (nSPS) is 13.3. The Hall–Kier alpha value is 0.350. The van der Waals surface area contributed by atoms with Crippen LogP contribution in [0, 0.1) is 0 Å². The van der Waals surface area contributed by atoms with Crippen LogP contribution in [0.2, 0.25) is 0 Å². The van der Waals surface area contributed by atoms with Crippen LogP contribution in [0.5, 0.6) is 0 Å². The molecule has 0 aromatic rings. The van der Waals surface area contributed by atoms with Gasteiger partial charge in [-0.2, -0.15) is 0 Å². The predicted molar refractivity (Wildman–Crippen MR) is 75.1 cm³/mol. The Kier molecular flexibility index (Phi) is 7.87. The highest BCUT2D eigenvalue weighted by Crippen LogP contribution is 2.19. The summed E-state index contributed by atoms with van der Waals surface area (Å²) < 4.78 is 31.8. The first-order valence-corrected chi connectivity index (χ1v) is 8.77. The third kappa shape index (κ3) is 6.74. The standard InChI is InChI=1S/C11H24BrNO3S/c1-5-11(6-2,9-12)13-17(14,15)8-7-16-10(3)4/h10,13H,5-9H2,1-4H3. The maximum Gasteiger partial charge on any atom is 0.214 e. The first-order chi connectivity index (χ1) is 7.81. The Labute approximate surface area is 114 Å². The molecule has 0 aliphatic heterocycles. The van der Waals surface area contributed by atoms with Crippen LogP contribution in [-0.4, -0.2) is 37.8 Å². The van der Waals surface area contributed by atoms with Crippen molar-refractivity contribution in [1.82, 2.24) is 4.72 Å². The van der Waals surface area contributed by atoms with Crippen LogP contribution in [0.1, 0.15) is 40.5 Å². The second-order valence-corrected chi connectivity index (χ2v) is 6.86.